The molecule has 0 unspecified atom stereocenters. The zero-order valence-corrected chi connectivity index (χ0v) is 13.2. The number of rotatable bonds is 4. The molecule has 3 nitrogen and oxygen atoms in total. The first-order valence-corrected chi connectivity index (χ1v) is 7.22. The summed E-state index contributed by atoms with van der Waals surface area (Å²) in [5.74, 6) is 0.886. The van der Waals surface area contributed by atoms with Gasteiger partial charge in [-0.05, 0) is 43.5 Å². The highest BCUT2D eigenvalue weighted by Gasteiger charge is 2.14. The third-order valence-electron chi connectivity index (χ3n) is 3.28. The summed E-state index contributed by atoms with van der Waals surface area (Å²) >= 11 is 6.22. The molecule has 106 valence electrons. The first-order valence-electron chi connectivity index (χ1n) is 6.84. The first-order chi connectivity index (χ1) is 9.52. The van der Waals surface area contributed by atoms with E-state index in [9.17, 15) is 0 Å². The Morgan fingerprint density at radius 2 is 1.75 bits per heavy atom. The van der Waals surface area contributed by atoms with Gasteiger partial charge in [-0.2, -0.15) is 0 Å². The predicted octanol–water partition coefficient (Wildman–Crippen LogP) is 4.47. The second-order valence-corrected chi connectivity index (χ2v) is 5.48. The zero-order valence-electron chi connectivity index (χ0n) is 12.4. The largest absolute Gasteiger partial charge is 0.329 e. The lowest BCUT2D eigenvalue weighted by molar-refractivity contribution is 0.891. The lowest BCUT2D eigenvalue weighted by Gasteiger charge is -2.22. The normalized spacial score (nSPS) is 10.7. The van der Waals surface area contributed by atoms with Crippen molar-refractivity contribution in [2.75, 3.05) is 11.9 Å². The molecular formula is C16H20ClN3. The summed E-state index contributed by atoms with van der Waals surface area (Å²) in [7, 11) is 2.02. The van der Waals surface area contributed by atoms with Crippen molar-refractivity contribution < 1.29 is 0 Å². The van der Waals surface area contributed by atoms with Gasteiger partial charge in [-0.1, -0.05) is 31.0 Å². The number of nitrogens with zero attached hydrogens (tertiary/aromatic N) is 3. The van der Waals surface area contributed by atoms with Gasteiger partial charge < -0.3 is 4.90 Å². The van der Waals surface area contributed by atoms with Crippen molar-refractivity contribution in [1.29, 1.82) is 0 Å². The molecule has 1 aromatic carbocycles. The molecule has 0 saturated heterocycles. The van der Waals surface area contributed by atoms with Crippen LogP contribution < -0.4 is 4.90 Å². The van der Waals surface area contributed by atoms with Crippen molar-refractivity contribution in [3.8, 4) is 0 Å². The SMILES string of the molecule is CCCc1c(Cl)ncnc1N(C)c1cc(C)cc(C)c1. The molecule has 0 fully saturated rings. The minimum absolute atomic E-state index is 0.549. The first kappa shape index (κ1) is 14.8. The Labute approximate surface area is 125 Å². The second kappa shape index (κ2) is 6.23. The van der Waals surface area contributed by atoms with Crippen LogP contribution in [0.25, 0.3) is 0 Å². The van der Waals surface area contributed by atoms with E-state index < -0.39 is 0 Å². The van der Waals surface area contributed by atoms with Crippen LogP contribution in [-0.4, -0.2) is 17.0 Å². The molecular weight excluding hydrogens is 270 g/mol. The summed E-state index contributed by atoms with van der Waals surface area (Å²) in [6, 6.07) is 6.47. The lowest BCUT2D eigenvalue weighted by atomic mass is 10.1. The lowest BCUT2D eigenvalue weighted by Crippen LogP contribution is -2.14. The van der Waals surface area contributed by atoms with Crippen molar-refractivity contribution >= 4 is 23.1 Å². The van der Waals surface area contributed by atoms with Crippen LogP contribution in [0.5, 0.6) is 0 Å². The summed E-state index contributed by atoms with van der Waals surface area (Å²) in [5.41, 5.74) is 4.61. The van der Waals surface area contributed by atoms with Crippen LogP contribution in [0.3, 0.4) is 0 Å². The number of anilines is 2. The summed E-state index contributed by atoms with van der Waals surface area (Å²) in [6.45, 7) is 6.33. The molecule has 2 rings (SSSR count). The minimum Gasteiger partial charge on any atom is -0.329 e. The molecule has 1 aromatic heterocycles. The molecule has 0 spiro atoms. The Morgan fingerprint density at radius 1 is 1.10 bits per heavy atom. The van der Waals surface area contributed by atoms with Crippen LogP contribution in [0.4, 0.5) is 11.5 Å². The van der Waals surface area contributed by atoms with Gasteiger partial charge in [-0.25, -0.2) is 9.97 Å². The van der Waals surface area contributed by atoms with Gasteiger partial charge in [0.15, 0.2) is 0 Å². The maximum absolute atomic E-state index is 6.22. The van der Waals surface area contributed by atoms with Gasteiger partial charge in [0.2, 0.25) is 0 Å². The summed E-state index contributed by atoms with van der Waals surface area (Å²) < 4.78 is 0. The third kappa shape index (κ3) is 3.10. The maximum atomic E-state index is 6.22. The molecule has 20 heavy (non-hydrogen) atoms. The average Bonchev–Trinajstić information content (AvgIpc) is 2.39. The summed E-state index contributed by atoms with van der Waals surface area (Å²) in [5, 5.41) is 0.549. The van der Waals surface area contributed by atoms with E-state index in [1.165, 1.54) is 17.5 Å². The van der Waals surface area contributed by atoms with Gasteiger partial charge >= 0.3 is 0 Å². The fraction of sp³-hybridized carbons (Fsp3) is 0.375. The van der Waals surface area contributed by atoms with E-state index in [0.717, 1.165) is 29.9 Å². The Bertz CT molecular complexity index is 590. The second-order valence-electron chi connectivity index (χ2n) is 5.12. The minimum atomic E-state index is 0.549. The van der Waals surface area contributed by atoms with Gasteiger partial charge in [0.1, 0.15) is 17.3 Å². The van der Waals surface area contributed by atoms with E-state index in [1.807, 2.05) is 7.05 Å². The van der Waals surface area contributed by atoms with E-state index >= 15 is 0 Å². The molecule has 1 heterocycles. The van der Waals surface area contributed by atoms with Gasteiger partial charge in [0.05, 0.1) is 0 Å². The fourth-order valence-electron chi connectivity index (χ4n) is 2.40. The zero-order chi connectivity index (χ0) is 14.7. The Balaban J connectivity index is 2.47. The standard InChI is InChI=1S/C16H20ClN3/c1-5-6-14-15(17)18-10-19-16(14)20(4)13-8-11(2)7-12(3)9-13/h7-10H,5-6H2,1-4H3. The molecule has 0 radical (unpaired) electrons. The Morgan fingerprint density at radius 3 is 2.35 bits per heavy atom. The van der Waals surface area contributed by atoms with Crippen molar-refractivity contribution in [2.24, 2.45) is 0 Å². The molecule has 0 bridgehead atoms. The van der Waals surface area contributed by atoms with Crippen LogP contribution >= 0.6 is 11.6 Å². The maximum Gasteiger partial charge on any atom is 0.140 e. The molecule has 0 atom stereocenters. The highest BCUT2D eigenvalue weighted by molar-refractivity contribution is 6.30. The monoisotopic (exact) mass is 289 g/mol. The van der Waals surface area contributed by atoms with Crippen LogP contribution in [0, 0.1) is 13.8 Å². The highest BCUT2D eigenvalue weighted by Crippen LogP contribution is 2.30. The van der Waals surface area contributed by atoms with E-state index in [2.05, 4.69) is 53.8 Å². The number of hydrogen-bond donors (Lipinski definition) is 0. The predicted molar refractivity (Wildman–Crippen MR) is 85.0 cm³/mol. The van der Waals surface area contributed by atoms with E-state index in [4.69, 9.17) is 11.6 Å². The number of benzene rings is 1. The van der Waals surface area contributed by atoms with Crippen LogP contribution in [0.1, 0.15) is 30.0 Å². The summed E-state index contributed by atoms with van der Waals surface area (Å²) in [6.07, 6.45) is 3.42. The topological polar surface area (TPSA) is 29.0 Å². The highest BCUT2D eigenvalue weighted by atomic mass is 35.5. The number of hydrogen-bond acceptors (Lipinski definition) is 3. The molecule has 0 amide bonds. The molecule has 2 aromatic rings. The van der Waals surface area contributed by atoms with Gasteiger partial charge in [0.25, 0.3) is 0 Å². The van der Waals surface area contributed by atoms with Crippen molar-refractivity contribution in [3.05, 3.63) is 46.4 Å². The Hall–Kier alpha value is -1.61. The van der Waals surface area contributed by atoms with Gasteiger partial charge in [-0.15, -0.1) is 0 Å². The fourth-order valence-corrected chi connectivity index (χ4v) is 2.63. The number of aryl methyl sites for hydroxylation is 2. The van der Waals surface area contributed by atoms with Crippen LogP contribution in [0.15, 0.2) is 24.5 Å². The van der Waals surface area contributed by atoms with Crippen LogP contribution in [0.2, 0.25) is 5.15 Å². The number of halogens is 1. The Kier molecular flexibility index (Phi) is 4.61. The molecule has 0 aliphatic carbocycles. The smallest absolute Gasteiger partial charge is 0.140 e. The van der Waals surface area contributed by atoms with Gasteiger partial charge in [0, 0.05) is 18.3 Å². The third-order valence-corrected chi connectivity index (χ3v) is 3.61. The van der Waals surface area contributed by atoms with Crippen LogP contribution in [-0.2, 0) is 6.42 Å². The quantitative estimate of drug-likeness (QED) is 0.778. The van der Waals surface area contributed by atoms with Crippen molar-refractivity contribution in [1.82, 2.24) is 9.97 Å². The molecule has 0 N–H and O–H groups in total. The van der Waals surface area contributed by atoms with Gasteiger partial charge in [-0.3, -0.25) is 0 Å². The average molecular weight is 290 g/mol. The van der Waals surface area contributed by atoms with E-state index in [1.54, 1.807) is 0 Å². The van der Waals surface area contributed by atoms with Crippen molar-refractivity contribution in [3.63, 3.8) is 0 Å². The molecule has 0 aliphatic heterocycles. The number of aromatic nitrogens is 2. The summed E-state index contributed by atoms with van der Waals surface area (Å²) in [4.78, 5) is 10.6. The molecule has 0 saturated carbocycles. The van der Waals surface area contributed by atoms with E-state index in [0.29, 0.717) is 5.15 Å². The molecule has 0 aliphatic rings. The van der Waals surface area contributed by atoms with Crippen molar-refractivity contribution in [2.45, 2.75) is 33.6 Å². The molecule has 4 heteroatoms. The van der Waals surface area contributed by atoms with E-state index in [-0.39, 0.29) is 0 Å².